The second-order valence-electron chi connectivity index (χ2n) is 16.1. The first-order chi connectivity index (χ1) is 20.6. The van der Waals surface area contributed by atoms with Crippen LogP contribution in [0.25, 0.3) is 0 Å². The van der Waals surface area contributed by atoms with E-state index in [1.54, 1.807) is 0 Å². The maximum absolute atomic E-state index is 12.5. The summed E-state index contributed by atoms with van der Waals surface area (Å²) in [5, 5.41) is 13.1. The van der Waals surface area contributed by atoms with Gasteiger partial charge in [0, 0.05) is 34.5 Å². The van der Waals surface area contributed by atoms with Crippen LogP contribution in [0.15, 0.2) is 60.7 Å². The Hall–Kier alpha value is -2.87. The highest BCUT2D eigenvalue weighted by Crippen LogP contribution is 2.15. The van der Waals surface area contributed by atoms with Gasteiger partial charge in [-0.1, -0.05) is 102 Å². The monoisotopic (exact) mass is 622 g/mol. The van der Waals surface area contributed by atoms with E-state index >= 15 is 0 Å². The Morgan fingerprint density at radius 1 is 0.578 bits per heavy atom. The van der Waals surface area contributed by atoms with Gasteiger partial charge in [-0.15, -0.1) is 0 Å². The van der Waals surface area contributed by atoms with Gasteiger partial charge in [0.15, 0.2) is 11.6 Å². The molecule has 2 aromatic rings. The molecule has 0 aromatic heterocycles. The highest BCUT2D eigenvalue weighted by molar-refractivity contribution is 5.91. The molecule has 2 rings (SSSR count). The maximum atomic E-state index is 12.5. The van der Waals surface area contributed by atoms with Crippen molar-refractivity contribution in [2.45, 2.75) is 119 Å². The lowest BCUT2D eigenvalue weighted by Gasteiger charge is -2.29. The van der Waals surface area contributed by atoms with Crippen molar-refractivity contribution in [2.24, 2.45) is 10.8 Å². The lowest BCUT2D eigenvalue weighted by atomic mass is 9.91. The molecule has 0 aliphatic rings. The Morgan fingerprint density at radius 2 is 1.00 bits per heavy atom. The summed E-state index contributed by atoms with van der Waals surface area (Å²) in [4.78, 5) is 36.5. The largest absolute Gasteiger partial charge is 0.348 e. The SMILES string of the molecule is CC(C)(C)N[C@@H](Cc1ccccc1)C(=O)NCC(=O)C(C)(C)C.CC(C)(C)N[C@H](CNCC(=O)C(C)(C)C)Cc1ccccc1. The third kappa shape index (κ3) is 18.6. The van der Waals surface area contributed by atoms with E-state index in [9.17, 15) is 14.4 Å². The Morgan fingerprint density at radius 3 is 1.42 bits per heavy atom. The third-order valence-electron chi connectivity index (χ3n) is 6.94. The van der Waals surface area contributed by atoms with Crippen molar-refractivity contribution in [3.05, 3.63) is 71.8 Å². The molecule has 2 atom stereocenters. The van der Waals surface area contributed by atoms with E-state index in [1.807, 2.05) is 98.7 Å². The van der Waals surface area contributed by atoms with Gasteiger partial charge in [0.2, 0.25) is 5.91 Å². The quantitative estimate of drug-likeness (QED) is 0.222. The molecule has 45 heavy (non-hydrogen) atoms. The number of Topliss-reactive ketones (excluding diaryl/α,β-unsaturated/α-hetero) is 2. The van der Waals surface area contributed by atoms with Crippen molar-refractivity contribution < 1.29 is 14.4 Å². The van der Waals surface area contributed by atoms with Crippen LogP contribution < -0.4 is 21.3 Å². The van der Waals surface area contributed by atoms with Crippen LogP contribution in [0, 0.1) is 10.8 Å². The molecule has 0 saturated carbocycles. The lowest BCUT2D eigenvalue weighted by molar-refractivity contribution is -0.130. The number of hydrogen-bond donors (Lipinski definition) is 4. The van der Waals surface area contributed by atoms with E-state index in [0.717, 1.165) is 18.5 Å². The van der Waals surface area contributed by atoms with E-state index in [0.29, 0.717) is 19.0 Å². The number of nitrogens with one attached hydrogen (secondary N) is 4. The molecule has 7 nitrogen and oxygen atoms in total. The van der Waals surface area contributed by atoms with Crippen molar-refractivity contribution in [2.75, 3.05) is 19.6 Å². The van der Waals surface area contributed by atoms with Gasteiger partial charge in [-0.2, -0.15) is 0 Å². The molecule has 1 amide bonds. The number of benzene rings is 2. The summed E-state index contributed by atoms with van der Waals surface area (Å²) in [5.74, 6) is 0.142. The zero-order valence-electron chi connectivity index (χ0n) is 30.2. The van der Waals surface area contributed by atoms with Crippen LogP contribution in [-0.2, 0) is 27.2 Å². The fraction of sp³-hybridized carbons (Fsp3) is 0.605. The van der Waals surface area contributed by atoms with Crippen LogP contribution in [0.5, 0.6) is 0 Å². The molecule has 252 valence electrons. The molecule has 0 heterocycles. The van der Waals surface area contributed by atoms with Gasteiger partial charge in [-0.3, -0.25) is 14.4 Å². The first-order valence-corrected chi connectivity index (χ1v) is 16.2. The van der Waals surface area contributed by atoms with Crippen LogP contribution in [0.3, 0.4) is 0 Å². The van der Waals surface area contributed by atoms with Gasteiger partial charge in [-0.25, -0.2) is 0 Å². The van der Waals surface area contributed by atoms with Crippen molar-refractivity contribution in [1.82, 2.24) is 21.3 Å². The number of carbonyl (C=O) groups is 3. The first kappa shape index (κ1) is 40.2. The van der Waals surface area contributed by atoms with Crippen molar-refractivity contribution in [3.63, 3.8) is 0 Å². The fourth-order valence-corrected chi connectivity index (χ4v) is 4.45. The van der Waals surface area contributed by atoms with Gasteiger partial charge in [0.25, 0.3) is 0 Å². The average molecular weight is 623 g/mol. The highest BCUT2D eigenvalue weighted by atomic mass is 16.2. The van der Waals surface area contributed by atoms with Crippen LogP contribution in [-0.4, -0.2) is 60.3 Å². The van der Waals surface area contributed by atoms with Crippen LogP contribution in [0.4, 0.5) is 0 Å². The third-order valence-corrected chi connectivity index (χ3v) is 6.94. The number of carbonyl (C=O) groups excluding carboxylic acids is 3. The van der Waals surface area contributed by atoms with Crippen LogP contribution in [0.2, 0.25) is 0 Å². The van der Waals surface area contributed by atoms with E-state index in [4.69, 9.17) is 0 Å². The van der Waals surface area contributed by atoms with Crippen LogP contribution >= 0.6 is 0 Å². The summed E-state index contributed by atoms with van der Waals surface area (Å²) in [6.45, 7) is 25.3. The van der Waals surface area contributed by atoms with Gasteiger partial charge in [-0.05, 0) is 65.5 Å². The molecule has 0 aliphatic carbocycles. The number of rotatable bonds is 13. The first-order valence-electron chi connectivity index (χ1n) is 16.2. The second-order valence-corrected chi connectivity index (χ2v) is 16.1. The minimum atomic E-state index is -0.445. The standard InChI is InChI=1S/C19H30N2O2.C19H32N2O/c1-18(2,3)16(22)13-20-17(23)15(21-19(4,5)6)12-14-10-8-7-9-11-14;1-18(2,3)17(22)14-20-13-16(21-19(4,5)6)12-15-10-8-7-9-11-15/h7-11,15,21H,12-13H2,1-6H3,(H,20,23);7-11,16,20-21H,12-14H2,1-6H3/t15-;16-/m00/s1. The van der Waals surface area contributed by atoms with Gasteiger partial charge in [0.1, 0.15) is 0 Å². The predicted molar refractivity (Wildman–Crippen MR) is 188 cm³/mol. The number of amides is 1. The van der Waals surface area contributed by atoms with Gasteiger partial charge >= 0.3 is 0 Å². The second kappa shape index (κ2) is 17.7. The highest BCUT2D eigenvalue weighted by Gasteiger charge is 2.27. The normalized spacial score (nSPS) is 13.7. The summed E-state index contributed by atoms with van der Waals surface area (Å²) in [6.07, 6.45) is 1.54. The minimum absolute atomic E-state index is 0.0278. The maximum Gasteiger partial charge on any atom is 0.237 e. The zero-order valence-corrected chi connectivity index (χ0v) is 30.2. The molecule has 0 fully saturated rings. The molecule has 4 N–H and O–H groups in total. The van der Waals surface area contributed by atoms with Gasteiger partial charge < -0.3 is 21.3 Å². The lowest BCUT2D eigenvalue weighted by Crippen LogP contribution is -2.53. The van der Waals surface area contributed by atoms with E-state index in [2.05, 4.69) is 66.3 Å². The Bertz CT molecular complexity index is 1170. The van der Waals surface area contributed by atoms with Crippen molar-refractivity contribution in [1.29, 1.82) is 0 Å². The molecule has 0 bridgehead atoms. The molecule has 0 aliphatic heterocycles. The summed E-state index contributed by atoms with van der Waals surface area (Å²) in [7, 11) is 0. The fourth-order valence-electron chi connectivity index (χ4n) is 4.45. The summed E-state index contributed by atoms with van der Waals surface area (Å²) >= 11 is 0. The average Bonchev–Trinajstić information content (AvgIpc) is 2.90. The molecule has 2 aromatic carbocycles. The Balaban J connectivity index is 0.000000450. The van der Waals surface area contributed by atoms with Crippen LogP contribution in [0.1, 0.15) is 94.2 Å². The molecular weight excluding hydrogens is 560 g/mol. The van der Waals surface area contributed by atoms with Gasteiger partial charge in [0.05, 0.1) is 19.1 Å². The predicted octanol–water partition coefficient (Wildman–Crippen LogP) is 5.91. The molecule has 0 spiro atoms. The summed E-state index contributed by atoms with van der Waals surface area (Å²) in [6, 6.07) is 20.3. The molecule has 0 saturated heterocycles. The Labute approximate surface area is 274 Å². The molecule has 7 heteroatoms. The van der Waals surface area contributed by atoms with E-state index in [-0.39, 0.29) is 46.6 Å². The molecule has 0 radical (unpaired) electrons. The minimum Gasteiger partial charge on any atom is -0.348 e. The molecular formula is C38H62N4O3. The number of ketones is 2. The topological polar surface area (TPSA) is 99.3 Å². The Kier molecular flexibility index (Phi) is 15.8. The van der Waals surface area contributed by atoms with E-state index in [1.165, 1.54) is 5.56 Å². The smallest absolute Gasteiger partial charge is 0.237 e. The summed E-state index contributed by atoms with van der Waals surface area (Å²) in [5.41, 5.74) is 1.54. The number of hydrogen-bond acceptors (Lipinski definition) is 6. The van der Waals surface area contributed by atoms with Crippen molar-refractivity contribution >= 4 is 17.5 Å². The zero-order chi connectivity index (χ0) is 34.5. The van der Waals surface area contributed by atoms with Crippen molar-refractivity contribution in [3.8, 4) is 0 Å². The van der Waals surface area contributed by atoms with E-state index < -0.39 is 5.41 Å². The summed E-state index contributed by atoms with van der Waals surface area (Å²) < 4.78 is 0. The molecule has 0 unspecified atom stereocenters.